The number of hydrogen-bond donors (Lipinski definition) is 1. The number of nitrogens with zero attached hydrogens (tertiary/aromatic N) is 2. The first-order valence-corrected chi connectivity index (χ1v) is 6.73. The van der Waals surface area contributed by atoms with Gasteiger partial charge in [0.25, 0.3) is 0 Å². The van der Waals surface area contributed by atoms with Gasteiger partial charge in [-0.05, 0) is 18.2 Å². The van der Waals surface area contributed by atoms with Gasteiger partial charge >= 0.3 is 0 Å². The first-order chi connectivity index (χ1) is 10.4. The van der Waals surface area contributed by atoms with E-state index < -0.39 is 0 Å². The van der Waals surface area contributed by atoms with Crippen LogP contribution in [0, 0.1) is 11.3 Å². The van der Waals surface area contributed by atoms with Gasteiger partial charge in [-0.2, -0.15) is 5.26 Å². The molecule has 0 bridgehead atoms. The Morgan fingerprint density at radius 1 is 0.905 bits per heavy atom. The quantitative estimate of drug-likeness (QED) is 0.561. The van der Waals surface area contributed by atoms with Crippen LogP contribution >= 0.6 is 0 Å². The summed E-state index contributed by atoms with van der Waals surface area (Å²) >= 11 is 0. The lowest BCUT2D eigenvalue weighted by molar-refractivity contribution is 1.33. The van der Waals surface area contributed by atoms with Gasteiger partial charge in [0.2, 0.25) is 0 Å². The number of benzene rings is 2. The number of aromatic nitrogens is 2. The Labute approximate surface area is 121 Å². The van der Waals surface area contributed by atoms with E-state index in [-0.39, 0.29) is 0 Å². The second-order valence-electron chi connectivity index (χ2n) is 4.91. The van der Waals surface area contributed by atoms with Crippen molar-refractivity contribution in [2.45, 2.75) is 0 Å². The first-order valence-electron chi connectivity index (χ1n) is 6.73. The van der Waals surface area contributed by atoms with Crippen LogP contribution in [0.25, 0.3) is 33.1 Å². The van der Waals surface area contributed by atoms with Crippen LogP contribution in [0.4, 0.5) is 0 Å². The average molecular weight is 269 g/mol. The van der Waals surface area contributed by atoms with Crippen molar-refractivity contribution in [2.24, 2.45) is 0 Å². The molecule has 21 heavy (non-hydrogen) atoms. The van der Waals surface area contributed by atoms with E-state index in [4.69, 9.17) is 0 Å². The molecule has 2 heterocycles. The number of nitriles is 1. The van der Waals surface area contributed by atoms with Gasteiger partial charge in [-0.25, -0.2) is 0 Å². The zero-order valence-electron chi connectivity index (χ0n) is 11.2. The molecule has 0 amide bonds. The molecule has 2 aromatic heterocycles. The average Bonchev–Trinajstić information content (AvgIpc) is 2.93. The molecule has 0 aliphatic heterocycles. The molecule has 0 unspecified atom stereocenters. The molecule has 2 aromatic carbocycles. The number of aromatic amines is 1. The minimum absolute atomic E-state index is 0.635. The molecule has 4 rings (SSSR count). The maximum atomic E-state index is 9.30. The Hall–Kier alpha value is -3.12. The lowest BCUT2D eigenvalue weighted by Gasteiger charge is -2.04. The molecule has 0 saturated heterocycles. The SMILES string of the molecule is N#Cc1ccccc1-c1nccc2c1[nH]c1ccccc12. The molecular weight excluding hydrogens is 258 g/mol. The van der Waals surface area contributed by atoms with Crippen LogP contribution in [0.1, 0.15) is 5.56 Å². The van der Waals surface area contributed by atoms with E-state index in [9.17, 15) is 5.26 Å². The third-order valence-corrected chi connectivity index (χ3v) is 3.73. The predicted octanol–water partition coefficient (Wildman–Crippen LogP) is 4.25. The molecule has 1 N–H and O–H groups in total. The van der Waals surface area contributed by atoms with Crippen molar-refractivity contribution in [3.8, 4) is 17.3 Å². The Balaban J connectivity index is 2.13. The number of fused-ring (bicyclic) bond motifs is 3. The van der Waals surface area contributed by atoms with Crippen LogP contribution in [-0.4, -0.2) is 9.97 Å². The highest BCUT2D eigenvalue weighted by atomic mass is 14.8. The summed E-state index contributed by atoms with van der Waals surface area (Å²) < 4.78 is 0. The Bertz CT molecular complexity index is 1010. The fraction of sp³-hybridized carbons (Fsp3) is 0. The molecule has 0 radical (unpaired) electrons. The third kappa shape index (κ3) is 1.70. The fourth-order valence-electron chi connectivity index (χ4n) is 2.77. The van der Waals surface area contributed by atoms with Crippen LogP contribution in [0.15, 0.2) is 60.8 Å². The molecule has 0 fully saturated rings. The van der Waals surface area contributed by atoms with Crippen LogP contribution < -0.4 is 0 Å². The van der Waals surface area contributed by atoms with Crippen molar-refractivity contribution in [3.05, 3.63) is 66.4 Å². The van der Waals surface area contributed by atoms with Gasteiger partial charge in [-0.1, -0.05) is 36.4 Å². The zero-order chi connectivity index (χ0) is 14.2. The van der Waals surface area contributed by atoms with Crippen LogP contribution in [0.5, 0.6) is 0 Å². The first kappa shape index (κ1) is 11.7. The van der Waals surface area contributed by atoms with E-state index in [1.807, 2.05) is 42.5 Å². The monoisotopic (exact) mass is 269 g/mol. The molecule has 3 heteroatoms. The van der Waals surface area contributed by atoms with E-state index in [1.54, 1.807) is 6.20 Å². The molecule has 0 saturated carbocycles. The second-order valence-corrected chi connectivity index (χ2v) is 4.91. The summed E-state index contributed by atoms with van der Waals surface area (Å²) in [6, 6.07) is 20.0. The Morgan fingerprint density at radius 2 is 1.71 bits per heavy atom. The Kier molecular flexibility index (Phi) is 2.48. The summed E-state index contributed by atoms with van der Waals surface area (Å²) in [6.07, 6.45) is 1.80. The minimum atomic E-state index is 0.635. The smallest absolute Gasteiger partial charge is 0.0998 e. The number of pyridine rings is 1. The summed E-state index contributed by atoms with van der Waals surface area (Å²) in [4.78, 5) is 7.92. The topological polar surface area (TPSA) is 52.5 Å². The van der Waals surface area contributed by atoms with Crippen molar-refractivity contribution >= 4 is 21.8 Å². The fourth-order valence-corrected chi connectivity index (χ4v) is 2.77. The van der Waals surface area contributed by atoms with Gasteiger partial charge in [0.1, 0.15) is 0 Å². The maximum Gasteiger partial charge on any atom is 0.0998 e. The van der Waals surface area contributed by atoms with Gasteiger partial charge in [-0.15, -0.1) is 0 Å². The summed E-state index contributed by atoms with van der Waals surface area (Å²) in [5.41, 5.74) is 4.37. The maximum absolute atomic E-state index is 9.30. The predicted molar refractivity (Wildman–Crippen MR) is 83.8 cm³/mol. The van der Waals surface area contributed by atoms with E-state index in [0.29, 0.717) is 5.56 Å². The van der Waals surface area contributed by atoms with Crippen molar-refractivity contribution in [3.63, 3.8) is 0 Å². The molecule has 0 atom stereocenters. The summed E-state index contributed by atoms with van der Waals surface area (Å²) in [7, 11) is 0. The van der Waals surface area contributed by atoms with Crippen molar-refractivity contribution < 1.29 is 0 Å². The lowest BCUT2D eigenvalue weighted by atomic mass is 10.0. The standard InChI is InChI=1S/C18H11N3/c19-11-12-5-1-2-6-13(12)17-18-15(9-10-20-17)14-7-3-4-8-16(14)21-18/h1-10,21H. The van der Waals surface area contributed by atoms with Gasteiger partial charge in [0.15, 0.2) is 0 Å². The molecule has 0 aliphatic carbocycles. The normalized spacial score (nSPS) is 10.8. The van der Waals surface area contributed by atoms with E-state index in [2.05, 4.69) is 28.2 Å². The molecule has 4 aromatic rings. The van der Waals surface area contributed by atoms with Gasteiger partial charge < -0.3 is 4.98 Å². The largest absolute Gasteiger partial charge is 0.353 e. The van der Waals surface area contributed by atoms with Gasteiger partial charge in [-0.3, -0.25) is 4.98 Å². The third-order valence-electron chi connectivity index (χ3n) is 3.73. The van der Waals surface area contributed by atoms with Crippen molar-refractivity contribution in [2.75, 3.05) is 0 Å². The lowest BCUT2D eigenvalue weighted by Crippen LogP contribution is -1.88. The van der Waals surface area contributed by atoms with Crippen LogP contribution in [-0.2, 0) is 0 Å². The van der Waals surface area contributed by atoms with Gasteiger partial charge in [0, 0.05) is 28.0 Å². The molecule has 3 nitrogen and oxygen atoms in total. The summed E-state index contributed by atoms with van der Waals surface area (Å²) in [5, 5.41) is 11.6. The summed E-state index contributed by atoms with van der Waals surface area (Å²) in [6.45, 7) is 0. The number of nitrogens with one attached hydrogen (secondary N) is 1. The van der Waals surface area contributed by atoms with E-state index >= 15 is 0 Å². The number of para-hydroxylation sites is 1. The molecule has 0 spiro atoms. The van der Waals surface area contributed by atoms with Crippen molar-refractivity contribution in [1.82, 2.24) is 9.97 Å². The van der Waals surface area contributed by atoms with Crippen molar-refractivity contribution in [1.29, 1.82) is 5.26 Å². The number of hydrogen-bond acceptors (Lipinski definition) is 2. The van der Waals surface area contributed by atoms with Gasteiger partial charge in [0.05, 0.1) is 22.8 Å². The Morgan fingerprint density at radius 3 is 2.62 bits per heavy atom. The highest BCUT2D eigenvalue weighted by Crippen LogP contribution is 2.32. The van der Waals surface area contributed by atoms with Crippen LogP contribution in [0.3, 0.4) is 0 Å². The van der Waals surface area contributed by atoms with E-state index in [1.165, 1.54) is 5.39 Å². The highest BCUT2D eigenvalue weighted by molar-refractivity contribution is 6.11. The highest BCUT2D eigenvalue weighted by Gasteiger charge is 2.12. The minimum Gasteiger partial charge on any atom is -0.353 e. The summed E-state index contributed by atoms with van der Waals surface area (Å²) in [5.74, 6) is 0. The van der Waals surface area contributed by atoms with Crippen LogP contribution in [0.2, 0.25) is 0 Å². The number of H-pyrrole nitrogens is 1. The number of rotatable bonds is 1. The molecule has 0 aliphatic rings. The zero-order valence-corrected chi connectivity index (χ0v) is 11.2. The second kappa shape index (κ2) is 4.46. The molecular formula is C18H11N3. The molecule has 98 valence electrons. The van der Waals surface area contributed by atoms with E-state index in [0.717, 1.165) is 27.7 Å².